The molecule has 3 aliphatic heterocycles. The third-order valence-corrected chi connectivity index (χ3v) is 7.54. The van der Waals surface area contributed by atoms with E-state index in [2.05, 4.69) is 15.2 Å². The van der Waals surface area contributed by atoms with E-state index in [1.54, 1.807) is 34.3 Å². The van der Waals surface area contributed by atoms with Crippen LogP contribution in [0.3, 0.4) is 0 Å². The van der Waals surface area contributed by atoms with E-state index in [9.17, 15) is 14.7 Å². The molecule has 34 heavy (non-hydrogen) atoms. The molecular formula is C22H23FN6O4S. The van der Waals surface area contributed by atoms with Crippen molar-refractivity contribution in [2.24, 2.45) is 0 Å². The fourth-order valence-corrected chi connectivity index (χ4v) is 5.90. The smallest absolute Gasteiger partial charge is 0.341 e. The van der Waals surface area contributed by atoms with Gasteiger partial charge in [-0.2, -0.15) is 0 Å². The quantitative estimate of drug-likeness (QED) is 0.569. The molecule has 0 saturated carbocycles. The molecule has 3 aliphatic rings. The highest BCUT2D eigenvalue weighted by molar-refractivity contribution is 7.13. The average molecular weight is 487 g/mol. The van der Waals surface area contributed by atoms with Crippen molar-refractivity contribution in [2.75, 3.05) is 55.2 Å². The van der Waals surface area contributed by atoms with E-state index in [1.165, 1.54) is 6.20 Å². The van der Waals surface area contributed by atoms with Crippen molar-refractivity contribution in [1.82, 2.24) is 14.6 Å². The minimum Gasteiger partial charge on any atom is -0.477 e. The molecule has 2 N–H and O–H groups in total. The maximum Gasteiger partial charge on any atom is 0.341 e. The predicted molar refractivity (Wildman–Crippen MR) is 126 cm³/mol. The molecule has 6 rings (SSSR count). The summed E-state index contributed by atoms with van der Waals surface area (Å²) in [5, 5.41) is 17.4. The van der Waals surface area contributed by atoms with Gasteiger partial charge in [0.25, 0.3) is 0 Å². The van der Waals surface area contributed by atoms with Gasteiger partial charge in [-0.25, -0.2) is 14.2 Å². The Kier molecular flexibility index (Phi) is 4.88. The summed E-state index contributed by atoms with van der Waals surface area (Å²) < 4.78 is 23.0. The summed E-state index contributed by atoms with van der Waals surface area (Å²) in [6, 6.07) is 1.67. The van der Waals surface area contributed by atoms with Crippen LogP contribution in [0.2, 0.25) is 0 Å². The van der Waals surface area contributed by atoms with E-state index < -0.39 is 22.8 Å². The number of hydrogen-bond acceptors (Lipinski definition) is 9. The van der Waals surface area contributed by atoms with Crippen LogP contribution in [0.1, 0.15) is 16.8 Å². The Balaban J connectivity index is 1.36. The Morgan fingerprint density at radius 2 is 2.21 bits per heavy atom. The Morgan fingerprint density at radius 1 is 1.35 bits per heavy atom. The number of nitrogens with one attached hydrogen (secondary N) is 1. The second-order valence-electron chi connectivity index (χ2n) is 8.89. The summed E-state index contributed by atoms with van der Waals surface area (Å²) in [4.78, 5) is 33.1. The molecule has 5 heterocycles. The number of ether oxygens (including phenoxy) is 1. The standard InChI is InChI=1S/C22H23FN6O4S/c1-26-11-33-20-17-14(19(30)15(21(31)32)10-29(17)26)7-16(23)18(20)28-4-3-27-8-12(6-13(27)9-28)25-22-24-2-5-34-22/h2,5,7,10,12-13H,3-4,6,8-9,11H2,1H3,(H,24,25)(H,31,32)/t12-,13-/m0/s1. The van der Waals surface area contributed by atoms with Crippen molar-refractivity contribution >= 4 is 39.0 Å². The number of pyridine rings is 1. The van der Waals surface area contributed by atoms with Gasteiger partial charge in [0.05, 0.1) is 5.39 Å². The van der Waals surface area contributed by atoms with Gasteiger partial charge in [0, 0.05) is 63.1 Å². The monoisotopic (exact) mass is 486 g/mol. The third kappa shape index (κ3) is 3.28. The molecule has 178 valence electrons. The number of fused-ring (bicyclic) bond motifs is 1. The number of aromatic carboxylic acids is 1. The predicted octanol–water partition coefficient (Wildman–Crippen LogP) is 1.59. The molecule has 0 aliphatic carbocycles. The number of piperazine rings is 1. The summed E-state index contributed by atoms with van der Waals surface area (Å²) in [5.74, 6) is -1.65. The van der Waals surface area contributed by atoms with E-state index in [4.69, 9.17) is 4.74 Å². The van der Waals surface area contributed by atoms with Gasteiger partial charge in [0.15, 0.2) is 23.4 Å². The van der Waals surface area contributed by atoms with Crippen LogP contribution in [0.25, 0.3) is 10.9 Å². The normalized spacial score (nSPS) is 22.1. The lowest BCUT2D eigenvalue weighted by molar-refractivity contribution is 0.0694. The zero-order chi connectivity index (χ0) is 23.6. The van der Waals surface area contributed by atoms with Crippen LogP contribution in [-0.2, 0) is 0 Å². The largest absolute Gasteiger partial charge is 0.477 e. The fourth-order valence-electron chi connectivity index (χ4n) is 5.29. The minimum atomic E-state index is -1.35. The highest BCUT2D eigenvalue weighted by atomic mass is 32.1. The molecule has 10 nitrogen and oxygen atoms in total. The van der Waals surface area contributed by atoms with E-state index >= 15 is 4.39 Å². The zero-order valence-corrected chi connectivity index (χ0v) is 19.2. The zero-order valence-electron chi connectivity index (χ0n) is 18.4. The average Bonchev–Trinajstić information content (AvgIpc) is 3.46. The summed E-state index contributed by atoms with van der Waals surface area (Å²) in [6.07, 6.45) is 3.98. The lowest BCUT2D eigenvalue weighted by Crippen LogP contribution is -2.51. The van der Waals surface area contributed by atoms with Crippen molar-refractivity contribution in [3.05, 3.63) is 45.4 Å². The highest BCUT2D eigenvalue weighted by Gasteiger charge is 2.39. The third-order valence-electron chi connectivity index (χ3n) is 6.84. The van der Waals surface area contributed by atoms with Crippen LogP contribution in [0.4, 0.5) is 15.2 Å². The number of hydrogen-bond donors (Lipinski definition) is 2. The van der Waals surface area contributed by atoms with Gasteiger partial charge >= 0.3 is 5.97 Å². The van der Waals surface area contributed by atoms with Crippen LogP contribution >= 0.6 is 11.3 Å². The molecule has 1 aromatic carbocycles. The number of carboxylic acid groups (broad SMARTS) is 1. The number of aromatic nitrogens is 2. The molecule has 2 fully saturated rings. The van der Waals surface area contributed by atoms with Crippen molar-refractivity contribution in [2.45, 2.75) is 18.5 Å². The van der Waals surface area contributed by atoms with Gasteiger partial charge in [-0.3, -0.25) is 19.4 Å². The van der Waals surface area contributed by atoms with Crippen LogP contribution in [0.15, 0.2) is 28.6 Å². The Bertz CT molecular complexity index is 1350. The topological polar surface area (TPSA) is 103 Å². The fraction of sp³-hybridized carbons (Fsp3) is 0.409. The molecule has 0 radical (unpaired) electrons. The van der Waals surface area contributed by atoms with Crippen LogP contribution in [-0.4, -0.2) is 77.7 Å². The van der Waals surface area contributed by atoms with Crippen LogP contribution in [0.5, 0.6) is 5.75 Å². The number of thiazole rings is 1. The van der Waals surface area contributed by atoms with Gasteiger partial charge < -0.3 is 20.1 Å². The maximum atomic E-state index is 15.5. The van der Waals surface area contributed by atoms with Gasteiger partial charge in [-0.1, -0.05) is 0 Å². The summed E-state index contributed by atoms with van der Waals surface area (Å²) in [6.45, 7) is 3.03. The number of rotatable bonds is 4. The Labute approximate surface area is 197 Å². The lowest BCUT2D eigenvalue weighted by atomic mass is 10.1. The van der Waals surface area contributed by atoms with Crippen LogP contribution in [0, 0.1) is 5.82 Å². The second kappa shape index (κ2) is 7.84. The molecule has 0 bridgehead atoms. The van der Waals surface area contributed by atoms with E-state index in [0.29, 0.717) is 24.3 Å². The number of anilines is 2. The van der Waals surface area contributed by atoms with Gasteiger partial charge in [-0.05, 0) is 12.5 Å². The van der Waals surface area contributed by atoms with Crippen molar-refractivity contribution in [3.63, 3.8) is 0 Å². The molecule has 0 unspecified atom stereocenters. The first-order valence-electron chi connectivity index (χ1n) is 11.0. The van der Waals surface area contributed by atoms with Crippen molar-refractivity contribution in [1.29, 1.82) is 0 Å². The maximum absolute atomic E-state index is 15.5. The Morgan fingerprint density at radius 3 is 2.97 bits per heavy atom. The first-order chi connectivity index (χ1) is 16.4. The molecule has 12 heteroatoms. The van der Waals surface area contributed by atoms with Crippen molar-refractivity contribution < 1.29 is 19.0 Å². The number of carboxylic acids is 1. The number of carbonyl (C=O) groups is 1. The number of nitrogens with zero attached hydrogens (tertiary/aromatic N) is 5. The summed E-state index contributed by atoms with van der Waals surface area (Å²) >= 11 is 1.57. The van der Waals surface area contributed by atoms with E-state index in [0.717, 1.165) is 30.7 Å². The Hall–Kier alpha value is -3.38. The van der Waals surface area contributed by atoms with Gasteiger partial charge in [0.1, 0.15) is 16.8 Å². The number of benzene rings is 1. The highest BCUT2D eigenvalue weighted by Crippen LogP contribution is 2.41. The van der Waals surface area contributed by atoms with Crippen LogP contribution < -0.4 is 25.4 Å². The SMILES string of the molecule is CN1COc2c(N3CCN4C[C@@H](Nc5nccs5)C[C@H]4C3)c(F)cc3c(=O)c(C(=O)O)cn1c23. The van der Waals surface area contributed by atoms with Crippen molar-refractivity contribution in [3.8, 4) is 5.75 Å². The minimum absolute atomic E-state index is 0.00471. The molecule has 0 spiro atoms. The molecular weight excluding hydrogens is 463 g/mol. The number of halogens is 1. The van der Waals surface area contributed by atoms with E-state index in [-0.39, 0.29) is 30.0 Å². The molecule has 2 saturated heterocycles. The second-order valence-corrected chi connectivity index (χ2v) is 9.79. The molecule has 0 amide bonds. The van der Waals surface area contributed by atoms with Gasteiger partial charge in [0.2, 0.25) is 5.43 Å². The molecule has 2 atom stereocenters. The van der Waals surface area contributed by atoms with Gasteiger partial charge in [-0.15, -0.1) is 11.3 Å². The molecule has 3 aromatic rings. The lowest BCUT2D eigenvalue weighted by Gasteiger charge is -2.40. The molecule has 2 aromatic heterocycles. The van der Waals surface area contributed by atoms with E-state index in [1.807, 2.05) is 10.3 Å². The first kappa shape index (κ1) is 21.2. The summed E-state index contributed by atoms with van der Waals surface area (Å²) in [7, 11) is 1.72. The first-order valence-corrected chi connectivity index (χ1v) is 11.9. The summed E-state index contributed by atoms with van der Waals surface area (Å²) in [5.41, 5.74) is -0.413.